The summed E-state index contributed by atoms with van der Waals surface area (Å²) in [7, 11) is -2.16. The largest absolute Gasteiger partial charge is 0.355 e. The van der Waals surface area contributed by atoms with E-state index >= 15 is 0 Å². The van der Waals surface area contributed by atoms with Gasteiger partial charge in [0, 0.05) is 47.1 Å². The Balaban J connectivity index is 0.000000145. The van der Waals surface area contributed by atoms with Gasteiger partial charge in [-0.25, -0.2) is 37.8 Å². The molecule has 2 saturated carbocycles. The van der Waals surface area contributed by atoms with Crippen molar-refractivity contribution in [3.63, 3.8) is 0 Å². The summed E-state index contributed by atoms with van der Waals surface area (Å²) in [6.07, 6.45) is 21.7. The molecule has 0 bridgehead atoms. The minimum absolute atomic E-state index is 0.0572. The molecule has 0 amide bonds. The molecule has 0 radical (unpaired) electrons. The maximum absolute atomic E-state index is 13.1. The molecular weight excluding hydrogens is 1100 g/mol. The molecule has 2 aromatic carbocycles. The molecule has 6 aliphatic rings. The normalized spacial score (nSPS) is 21.1. The molecule has 77 heavy (non-hydrogen) atoms. The molecule has 6 aromatic rings. The van der Waals surface area contributed by atoms with Gasteiger partial charge >= 0.3 is 0 Å². The predicted molar refractivity (Wildman–Crippen MR) is 316 cm³/mol. The Kier molecular flexibility index (Phi) is 17.6. The highest BCUT2D eigenvalue weighted by molar-refractivity contribution is 7.99. The molecule has 0 unspecified atom stereocenters. The van der Waals surface area contributed by atoms with Crippen LogP contribution < -0.4 is 19.7 Å². The lowest BCUT2D eigenvalue weighted by Crippen LogP contribution is -2.48. The minimum Gasteiger partial charge on any atom is -0.355 e. The number of aromatic nitrogens is 6. The summed E-state index contributed by atoms with van der Waals surface area (Å²) in [4.78, 5) is 30.8. The van der Waals surface area contributed by atoms with E-state index < -0.39 is 22.0 Å². The lowest BCUT2D eigenvalue weighted by molar-refractivity contribution is 0.165. The SMILES string of the molecule is CC(C)(C)[S@@](=O)N[C@@H]1c2ccccc2CC12CCN(c1cnc(Sc3ccnc(C4CC4)c3Cl)cn1)CC2.CC(C)(C)[S@@](=O)N[C@@H]1c2ccccc2CC12CCNCC2.Clc1cnc(Sc2ccnc(C3CC3)c2Cl)cn1. The first-order valence-electron chi connectivity index (χ1n) is 26.8. The van der Waals surface area contributed by atoms with E-state index in [0.29, 0.717) is 17.0 Å². The topological polar surface area (TPSA) is 151 Å². The fraction of sp³-hybridized carbons (Fsp3) is 0.483. The first-order valence-corrected chi connectivity index (χ1v) is 31.9. The predicted octanol–water partition coefficient (Wildman–Crippen LogP) is 13.4. The van der Waals surface area contributed by atoms with Gasteiger partial charge in [0.25, 0.3) is 0 Å². The van der Waals surface area contributed by atoms with Gasteiger partial charge < -0.3 is 10.2 Å². The van der Waals surface area contributed by atoms with Crippen molar-refractivity contribution >= 4 is 86.1 Å². The standard InChI is InChI=1S/C29H34ClN5OS2.C17H26N2OS.C12H9Cl2N3S/c1-28(2,3)38(36)34-27-21-7-5-4-6-20(21)16-29(27)11-14-35(15-12-29)23-17-33-24(18-32-23)37-22-10-13-31-26(25(22)30)19-8-9-19;1-16(2,3)21(20)19-15-14-7-5-4-6-13(14)12-17(15)8-10-18-11-9-17;13-9-5-17-10(6-16-9)18-8-3-4-15-12(11(8)14)7-1-2-7/h4-7,10,13,17-19,27,34H,8-9,11-12,14-16H2,1-3H3;4-7,15,18-19H,8-12H2,1-3H3;3-7H,1-2H2/t27-,38-;15-,21-;/m11./s1. The average molecular weight is 1170 g/mol. The maximum Gasteiger partial charge on any atom is 0.147 e. The zero-order valence-corrected chi connectivity index (χ0v) is 50.2. The second-order valence-electron chi connectivity index (χ2n) is 23.2. The van der Waals surface area contributed by atoms with Crippen molar-refractivity contribution in [2.45, 2.75) is 159 Å². The lowest BCUT2D eigenvalue weighted by Gasteiger charge is -2.44. The number of hydrogen-bond acceptors (Lipinski definition) is 12. The third-order valence-electron chi connectivity index (χ3n) is 15.6. The minimum atomic E-state index is -1.13. The summed E-state index contributed by atoms with van der Waals surface area (Å²) in [5.41, 5.74) is 7.78. The van der Waals surface area contributed by atoms with Crippen LogP contribution in [0.1, 0.15) is 150 Å². The second kappa shape index (κ2) is 23.9. The van der Waals surface area contributed by atoms with Gasteiger partial charge in [0.1, 0.15) is 21.0 Å². The monoisotopic (exact) mass is 1170 g/mol. The van der Waals surface area contributed by atoms with Crippen LogP contribution in [0.15, 0.2) is 118 Å². The zero-order chi connectivity index (χ0) is 54.1. The molecule has 4 aliphatic carbocycles. The number of rotatable bonds is 11. The Bertz CT molecular complexity index is 3080. The summed E-state index contributed by atoms with van der Waals surface area (Å²) in [5.74, 6) is 1.95. The quantitative estimate of drug-likeness (QED) is 0.113. The summed E-state index contributed by atoms with van der Waals surface area (Å²) in [6, 6.07) is 21.5. The number of piperidine rings is 2. The molecule has 6 heterocycles. The Morgan fingerprint density at radius 3 is 1.47 bits per heavy atom. The molecule has 3 N–H and O–H groups in total. The van der Waals surface area contributed by atoms with E-state index in [9.17, 15) is 8.42 Å². The first kappa shape index (κ1) is 56.7. The second-order valence-corrected chi connectivity index (χ2v) is 30.5. The lowest BCUT2D eigenvalue weighted by atomic mass is 9.73. The van der Waals surface area contributed by atoms with Crippen molar-refractivity contribution < 1.29 is 8.42 Å². The molecule has 2 saturated heterocycles. The van der Waals surface area contributed by atoms with Gasteiger partial charge in [-0.2, -0.15) is 0 Å². The van der Waals surface area contributed by atoms with Crippen LogP contribution in [0.4, 0.5) is 5.82 Å². The Labute approximate surface area is 483 Å². The third kappa shape index (κ3) is 13.3. The van der Waals surface area contributed by atoms with Crippen LogP contribution in [-0.2, 0) is 34.8 Å². The van der Waals surface area contributed by atoms with E-state index in [1.165, 1.54) is 65.9 Å². The summed E-state index contributed by atoms with van der Waals surface area (Å²) in [6.45, 7) is 16.1. The van der Waals surface area contributed by atoms with E-state index in [1.54, 1.807) is 24.2 Å². The Morgan fingerprint density at radius 2 is 1.04 bits per heavy atom. The summed E-state index contributed by atoms with van der Waals surface area (Å²) < 4.78 is 32.3. The molecule has 4 aromatic heterocycles. The highest BCUT2D eigenvalue weighted by Gasteiger charge is 2.50. The third-order valence-corrected chi connectivity index (χ3v) is 21.9. The van der Waals surface area contributed by atoms with Crippen molar-refractivity contribution in [1.29, 1.82) is 0 Å². The Morgan fingerprint density at radius 1 is 0.584 bits per heavy atom. The molecular formula is C58H69Cl3N10O2S4. The fourth-order valence-corrected chi connectivity index (χ4v) is 15.3. The van der Waals surface area contributed by atoms with Crippen LogP contribution in [0.5, 0.6) is 0 Å². The van der Waals surface area contributed by atoms with Gasteiger partial charge in [-0.1, -0.05) is 107 Å². The summed E-state index contributed by atoms with van der Waals surface area (Å²) in [5, 5.41) is 6.94. The van der Waals surface area contributed by atoms with Gasteiger partial charge in [-0.3, -0.25) is 9.97 Å². The van der Waals surface area contributed by atoms with Crippen LogP contribution in [0.3, 0.4) is 0 Å². The highest BCUT2D eigenvalue weighted by Crippen LogP contribution is 2.54. The molecule has 2 aliphatic heterocycles. The van der Waals surface area contributed by atoms with Crippen molar-refractivity contribution in [3.05, 3.63) is 147 Å². The van der Waals surface area contributed by atoms with Gasteiger partial charge in [-0.15, -0.1) is 0 Å². The molecule has 12 nitrogen and oxygen atoms in total. The van der Waals surface area contributed by atoms with Gasteiger partial charge in [0.15, 0.2) is 0 Å². The smallest absolute Gasteiger partial charge is 0.147 e. The van der Waals surface area contributed by atoms with Crippen LogP contribution >= 0.6 is 58.3 Å². The van der Waals surface area contributed by atoms with Crippen LogP contribution in [0.2, 0.25) is 15.2 Å². The summed E-state index contributed by atoms with van der Waals surface area (Å²) >= 11 is 21.7. The van der Waals surface area contributed by atoms with Gasteiger partial charge in [0.2, 0.25) is 0 Å². The number of fused-ring (bicyclic) bond motifs is 2. The molecule has 2 spiro atoms. The molecule has 19 heteroatoms. The van der Waals surface area contributed by atoms with E-state index in [2.05, 4.69) is 88.1 Å². The van der Waals surface area contributed by atoms with E-state index in [4.69, 9.17) is 44.8 Å². The fourth-order valence-electron chi connectivity index (χ4n) is 11.0. The molecule has 408 valence electrons. The zero-order valence-electron chi connectivity index (χ0n) is 44.7. The van der Waals surface area contributed by atoms with Crippen molar-refractivity contribution in [1.82, 2.24) is 44.7 Å². The van der Waals surface area contributed by atoms with E-state index in [1.807, 2.05) is 72.3 Å². The van der Waals surface area contributed by atoms with Crippen LogP contribution in [0.25, 0.3) is 0 Å². The van der Waals surface area contributed by atoms with Crippen LogP contribution in [-0.4, -0.2) is 74.0 Å². The van der Waals surface area contributed by atoms with Crippen molar-refractivity contribution in [2.75, 3.05) is 31.1 Å². The van der Waals surface area contributed by atoms with Crippen molar-refractivity contribution in [3.8, 4) is 0 Å². The Hall–Kier alpha value is -3.55. The van der Waals surface area contributed by atoms with Crippen LogP contribution in [0, 0.1) is 10.8 Å². The van der Waals surface area contributed by atoms with Gasteiger partial charge in [0.05, 0.1) is 89.8 Å². The van der Waals surface area contributed by atoms with Crippen molar-refractivity contribution in [2.24, 2.45) is 10.8 Å². The van der Waals surface area contributed by atoms with E-state index in [0.717, 1.165) is 112 Å². The number of nitrogens with zero attached hydrogens (tertiary/aromatic N) is 7. The first-order chi connectivity index (χ1) is 36.9. The molecule has 4 atom stereocenters. The number of halogens is 3. The number of pyridine rings is 2. The van der Waals surface area contributed by atoms with Gasteiger partial charge in [-0.05, 0) is 164 Å². The number of hydrogen-bond donors (Lipinski definition) is 3. The highest BCUT2D eigenvalue weighted by atomic mass is 35.5. The number of benzene rings is 2. The number of nitrogens with one attached hydrogen (secondary N) is 3. The maximum atomic E-state index is 13.1. The molecule has 4 fully saturated rings. The number of anilines is 1. The molecule has 12 rings (SSSR count). The average Bonchev–Trinajstić information content (AvgIpc) is 4.37. The van der Waals surface area contributed by atoms with E-state index in [-0.39, 0.29) is 32.4 Å².